The van der Waals surface area contributed by atoms with Gasteiger partial charge in [-0.3, -0.25) is 0 Å². The Hall–Kier alpha value is -6.70. The van der Waals surface area contributed by atoms with E-state index >= 15 is 0 Å². The molecule has 0 N–H and O–H groups in total. The lowest BCUT2D eigenvalue weighted by Gasteiger charge is -2.34. The fourth-order valence-corrected chi connectivity index (χ4v) is 8.30. The highest BCUT2D eigenvalue weighted by Gasteiger charge is 2.32. The summed E-state index contributed by atoms with van der Waals surface area (Å²) < 4.78 is 21.9. The van der Waals surface area contributed by atoms with Crippen molar-refractivity contribution in [2.75, 3.05) is 4.90 Å². The van der Waals surface area contributed by atoms with Crippen molar-refractivity contribution in [3.05, 3.63) is 152 Å². The average Bonchev–Trinajstić information content (AvgIpc) is 3.92. The Morgan fingerprint density at radius 2 is 1.20 bits per heavy atom. The number of fused-ring (bicyclic) bond motifs is 8. The van der Waals surface area contributed by atoms with Crippen molar-refractivity contribution in [1.82, 2.24) is 9.97 Å². The van der Waals surface area contributed by atoms with Crippen LogP contribution in [0.2, 0.25) is 0 Å². The molecule has 0 saturated carbocycles. The minimum absolute atomic E-state index is 0.507. The van der Waals surface area contributed by atoms with Gasteiger partial charge in [-0.25, -0.2) is 9.97 Å². The number of thiophene rings is 1. The molecule has 4 heterocycles. The molecule has 7 heteroatoms. The number of rotatable bonds is 4. The normalized spacial score (nSPS) is 12.4. The smallest absolute Gasteiger partial charge is 0.231 e. The maximum absolute atomic E-state index is 7.06. The lowest BCUT2D eigenvalue weighted by Crippen LogP contribution is -2.16. The van der Waals surface area contributed by atoms with Gasteiger partial charge in [-0.1, -0.05) is 78.9 Å². The van der Waals surface area contributed by atoms with Crippen molar-refractivity contribution in [1.29, 1.82) is 0 Å². The molecule has 0 aliphatic carbocycles. The van der Waals surface area contributed by atoms with Crippen LogP contribution in [-0.4, -0.2) is 9.97 Å². The van der Waals surface area contributed by atoms with Gasteiger partial charge in [0.2, 0.25) is 11.8 Å². The average molecular weight is 676 g/mol. The number of anilines is 3. The third-order valence-corrected chi connectivity index (χ3v) is 10.7. The summed E-state index contributed by atoms with van der Waals surface area (Å²) in [5.41, 5.74) is 9.90. The van der Waals surface area contributed by atoms with Crippen LogP contribution >= 0.6 is 11.3 Å². The maximum atomic E-state index is 7.06. The minimum Gasteiger partial charge on any atom is -0.451 e. The summed E-state index contributed by atoms with van der Waals surface area (Å²) in [6, 6.07) is 51.7. The summed E-state index contributed by atoms with van der Waals surface area (Å²) in [4.78, 5) is 11.9. The van der Waals surface area contributed by atoms with Gasteiger partial charge in [0.05, 0.1) is 21.6 Å². The summed E-state index contributed by atoms with van der Waals surface area (Å²) in [6.45, 7) is 0. The maximum Gasteiger partial charge on any atom is 0.231 e. The zero-order valence-corrected chi connectivity index (χ0v) is 27.7. The van der Waals surface area contributed by atoms with Crippen molar-refractivity contribution in [3.63, 3.8) is 0 Å². The Balaban J connectivity index is 1.14. The molecule has 1 aliphatic heterocycles. The standard InChI is InChI=1S/C44H25N3O3S/c1-2-10-26(11-3-1)27-20-23-39-32(25-27)30-21-22-36-41(42(30)51-39)50-40-31(44-46-34-16-5-7-19-38(34)49-44)14-9-17-35(40)47(36)29-13-8-12-28(24-29)43-45-33-15-4-6-18-37(33)48-43/h1-25H. The summed E-state index contributed by atoms with van der Waals surface area (Å²) in [5.74, 6) is 2.55. The predicted octanol–water partition coefficient (Wildman–Crippen LogP) is 12.9. The van der Waals surface area contributed by atoms with E-state index in [2.05, 4.69) is 77.7 Å². The van der Waals surface area contributed by atoms with Crippen LogP contribution in [0.1, 0.15) is 0 Å². The highest BCUT2D eigenvalue weighted by molar-refractivity contribution is 7.26. The lowest BCUT2D eigenvalue weighted by molar-refractivity contribution is 0.482. The largest absolute Gasteiger partial charge is 0.451 e. The summed E-state index contributed by atoms with van der Waals surface area (Å²) >= 11 is 1.74. The number of ether oxygens (including phenoxy) is 1. The molecule has 6 nitrogen and oxygen atoms in total. The minimum atomic E-state index is 0.507. The number of aromatic nitrogens is 2. The molecular formula is C44H25N3O3S. The highest BCUT2D eigenvalue weighted by atomic mass is 32.1. The topological polar surface area (TPSA) is 64.5 Å². The number of hydrogen-bond donors (Lipinski definition) is 0. The number of hydrogen-bond acceptors (Lipinski definition) is 7. The van der Waals surface area contributed by atoms with Crippen LogP contribution in [0.4, 0.5) is 17.1 Å². The van der Waals surface area contributed by atoms with Gasteiger partial charge in [-0.15, -0.1) is 11.3 Å². The second-order valence-electron chi connectivity index (χ2n) is 12.6. The molecule has 0 amide bonds. The monoisotopic (exact) mass is 675 g/mol. The fourth-order valence-electron chi connectivity index (χ4n) is 7.14. The Labute approximate surface area is 295 Å². The van der Waals surface area contributed by atoms with E-state index in [1.807, 2.05) is 78.9 Å². The molecule has 0 atom stereocenters. The van der Waals surface area contributed by atoms with Crippen LogP contribution in [0.5, 0.6) is 11.5 Å². The first-order chi connectivity index (χ1) is 25.2. The van der Waals surface area contributed by atoms with Crippen LogP contribution < -0.4 is 9.64 Å². The molecule has 7 aromatic carbocycles. The predicted molar refractivity (Wildman–Crippen MR) is 206 cm³/mol. The first kappa shape index (κ1) is 28.2. The fraction of sp³-hybridized carbons (Fsp3) is 0. The first-order valence-electron chi connectivity index (χ1n) is 16.7. The van der Waals surface area contributed by atoms with Gasteiger partial charge in [-0.2, -0.15) is 0 Å². The number of benzene rings is 7. The van der Waals surface area contributed by atoms with E-state index in [-0.39, 0.29) is 0 Å². The molecule has 1 aliphatic rings. The van der Waals surface area contributed by atoms with Crippen LogP contribution in [0.25, 0.3) is 76.4 Å². The highest BCUT2D eigenvalue weighted by Crippen LogP contribution is 2.57. The molecule has 240 valence electrons. The number of para-hydroxylation sites is 5. The molecule has 0 radical (unpaired) electrons. The first-order valence-corrected chi connectivity index (χ1v) is 17.5. The van der Waals surface area contributed by atoms with Gasteiger partial charge < -0.3 is 18.5 Å². The molecule has 0 saturated heterocycles. The van der Waals surface area contributed by atoms with E-state index in [4.69, 9.17) is 23.5 Å². The van der Waals surface area contributed by atoms with Crippen molar-refractivity contribution >= 4 is 70.8 Å². The Kier molecular flexibility index (Phi) is 6.02. The molecule has 0 spiro atoms. The summed E-state index contributed by atoms with van der Waals surface area (Å²) in [5, 5.41) is 2.35. The quantitative estimate of drug-likeness (QED) is 0.185. The van der Waals surface area contributed by atoms with E-state index in [0.717, 1.165) is 66.2 Å². The number of nitrogens with zero attached hydrogens (tertiary/aromatic N) is 3. The molecule has 10 aromatic rings. The van der Waals surface area contributed by atoms with Gasteiger partial charge in [0.25, 0.3) is 0 Å². The summed E-state index contributed by atoms with van der Waals surface area (Å²) in [7, 11) is 0. The van der Waals surface area contributed by atoms with E-state index < -0.39 is 0 Å². The zero-order chi connectivity index (χ0) is 33.5. The van der Waals surface area contributed by atoms with Crippen molar-refractivity contribution in [2.45, 2.75) is 0 Å². The second-order valence-corrected chi connectivity index (χ2v) is 13.6. The lowest BCUT2D eigenvalue weighted by atomic mass is 10.0. The molecule has 11 rings (SSSR count). The van der Waals surface area contributed by atoms with E-state index in [9.17, 15) is 0 Å². The molecule has 0 fully saturated rings. The molecular weight excluding hydrogens is 651 g/mol. The van der Waals surface area contributed by atoms with Crippen molar-refractivity contribution < 1.29 is 13.6 Å². The Morgan fingerprint density at radius 1 is 0.490 bits per heavy atom. The zero-order valence-electron chi connectivity index (χ0n) is 26.9. The van der Waals surface area contributed by atoms with E-state index in [1.54, 1.807) is 11.3 Å². The Morgan fingerprint density at radius 3 is 2.02 bits per heavy atom. The third kappa shape index (κ3) is 4.42. The van der Waals surface area contributed by atoms with Gasteiger partial charge in [-0.05, 0) is 83.9 Å². The van der Waals surface area contributed by atoms with Crippen molar-refractivity contribution in [3.8, 4) is 45.5 Å². The molecule has 0 bridgehead atoms. The van der Waals surface area contributed by atoms with Gasteiger partial charge in [0, 0.05) is 26.7 Å². The van der Waals surface area contributed by atoms with Crippen LogP contribution in [0, 0.1) is 0 Å². The van der Waals surface area contributed by atoms with E-state index in [0.29, 0.717) is 17.5 Å². The molecule has 0 unspecified atom stereocenters. The molecule has 51 heavy (non-hydrogen) atoms. The van der Waals surface area contributed by atoms with Crippen LogP contribution in [0.3, 0.4) is 0 Å². The van der Waals surface area contributed by atoms with Gasteiger partial charge in [0.1, 0.15) is 11.0 Å². The molecule has 3 aromatic heterocycles. The SMILES string of the molecule is c1ccc(-c2ccc3sc4c5c(ccc4c3c2)N(c2cccc(-c3nc4ccccc4o3)c2)c2cccc(-c3nc4ccccc4o3)c2O5)cc1. The summed E-state index contributed by atoms with van der Waals surface area (Å²) in [6.07, 6.45) is 0. The van der Waals surface area contributed by atoms with Crippen LogP contribution in [-0.2, 0) is 0 Å². The Bertz CT molecular complexity index is 2910. The van der Waals surface area contributed by atoms with Gasteiger partial charge >= 0.3 is 0 Å². The second kappa shape index (κ2) is 10.9. The van der Waals surface area contributed by atoms with Crippen LogP contribution in [0.15, 0.2) is 160 Å². The third-order valence-electron chi connectivity index (χ3n) is 9.53. The van der Waals surface area contributed by atoms with E-state index in [1.165, 1.54) is 21.2 Å². The van der Waals surface area contributed by atoms with Crippen molar-refractivity contribution in [2.24, 2.45) is 0 Å². The van der Waals surface area contributed by atoms with Gasteiger partial charge in [0.15, 0.2) is 22.7 Å². The number of oxazole rings is 2.